The first-order chi connectivity index (χ1) is 14.9. The molecule has 2 aromatic heterocycles. The molecule has 1 N–H and O–H groups in total. The first-order valence-corrected chi connectivity index (χ1v) is 10.3. The van der Waals surface area contributed by atoms with Crippen molar-refractivity contribution in [2.24, 2.45) is 0 Å². The van der Waals surface area contributed by atoms with Crippen molar-refractivity contribution in [3.8, 4) is 11.3 Å². The Morgan fingerprint density at radius 1 is 0.933 bits per heavy atom. The van der Waals surface area contributed by atoms with Crippen LogP contribution < -0.4 is 10.2 Å². The van der Waals surface area contributed by atoms with E-state index in [1.807, 2.05) is 12.3 Å². The fourth-order valence-electron chi connectivity index (χ4n) is 3.83. The lowest BCUT2D eigenvalue weighted by Gasteiger charge is -2.29. The second kappa shape index (κ2) is 8.51. The summed E-state index contributed by atoms with van der Waals surface area (Å²) in [6, 6.07) is 23.2. The van der Waals surface area contributed by atoms with Gasteiger partial charge in [0.05, 0.1) is 30.1 Å². The lowest BCUT2D eigenvalue weighted by molar-refractivity contribution is 0.122. The average Bonchev–Trinajstić information content (AvgIpc) is 2.84. The maximum Gasteiger partial charge on any atom is 0.0940 e. The number of para-hydroxylation sites is 1. The second-order valence-corrected chi connectivity index (χ2v) is 7.44. The summed E-state index contributed by atoms with van der Waals surface area (Å²) < 4.78 is 5.49. The number of morpholine rings is 1. The van der Waals surface area contributed by atoms with Gasteiger partial charge in [-0.25, -0.2) is 4.98 Å². The fraction of sp³-hybridized carbons (Fsp3) is 0.200. The summed E-state index contributed by atoms with van der Waals surface area (Å²) >= 11 is 0. The third-order valence-corrected chi connectivity index (χ3v) is 5.44. The Kier molecular flexibility index (Phi) is 5.27. The molecule has 2 aromatic carbocycles. The van der Waals surface area contributed by atoms with E-state index in [0.717, 1.165) is 59.7 Å². The summed E-state index contributed by atoms with van der Waals surface area (Å²) in [5.41, 5.74) is 6.49. The molecular formula is C25H24N4O. The summed E-state index contributed by atoms with van der Waals surface area (Å²) in [5, 5.41) is 4.65. The van der Waals surface area contributed by atoms with E-state index in [2.05, 4.69) is 75.9 Å². The zero-order valence-electron chi connectivity index (χ0n) is 16.8. The minimum atomic E-state index is 0.714. The summed E-state index contributed by atoms with van der Waals surface area (Å²) in [7, 11) is 0. The number of rotatable bonds is 5. The molecule has 150 valence electrons. The third kappa shape index (κ3) is 3.98. The Hall–Kier alpha value is -3.44. The van der Waals surface area contributed by atoms with Crippen LogP contribution in [0.1, 0.15) is 5.56 Å². The summed E-state index contributed by atoms with van der Waals surface area (Å²) in [4.78, 5) is 11.6. The smallest absolute Gasteiger partial charge is 0.0940 e. The molecule has 0 saturated carbocycles. The van der Waals surface area contributed by atoms with Gasteiger partial charge in [0, 0.05) is 48.7 Å². The molecule has 0 radical (unpaired) electrons. The van der Waals surface area contributed by atoms with Crippen LogP contribution in [0.15, 0.2) is 79.1 Å². The lowest BCUT2D eigenvalue weighted by atomic mass is 10.1. The molecule has 1 aliphatic heterocycles. The van der Waals surface area contributed by atoms with E-state index in [-0.39, 0.29) is 0 Å². The highest BCUT2D eigenvalue weighted by Gasteiger charge is 2.12. The molecule has 0 amide bonds. The van der Waals surface area contributed by atoms with Crippen molar-refractivity contribution >= 4 is 22.3 Å². The van der Waals surface area contributed by atoms with Gasteiger partial charge in [-0.2, -0.15) is 0 Å². The number of pyridine rings is 2. The molecule has 30 heavy (non-hydrogen) atoms. The Balaban J connectivity index is 1.45. The predicted octanol–water partition coefficient (Wildman–Crippen LogP) is 4.75. The topological polar surface area (TPSA) is 50.3 Å². The van der Waals surface area contributed by atoms with Gasteiger partial charge in [-0.3, -0.25) is 4.98 Å². The minimum Gasteiger partial charge on any atom is -0.379 e. The molecular weight excluding hydrogens is 372 g/mol. The van der Waals surface area contributed by atoms with Crippen LogP contribution >= 0.6 is 0 Å². The monoisotopic (exact) mass is 396 g/mol. The SMILES string of the molecule is c1cncc(CNc2cccc3ccc(-c4cccc(N5CCOCC5)c4)nc23)c1. The first-order valence-electron chi connectivity index (χ1n) is 10.3. The van der Waals surface area contributed by atoms with Crippen molar-refractivity contribution in [2.75, 3.05) is 36.5 Å². The van der Waals surface area contributed by atoms with E-state index in [0.29, 0.717) is 6.54 Å². The molecule has 1 aliphatic rings. The van der Waals surface area contributed by atoms with Crippen molar-refractivity contribution in [3.05, 3.63) is 84.7 Å². The molecule has 5 nitrogen and oxygen atoms in total. The summed E-state index contributed by atoms with van der Waals surface area (Å²) in [6.45, 7) is 4.13. The van der Waals surface area contributed by atoms with Crippen LogP contribution in [0.5, 0.6) is 0 Å². The Morgan fingerprint density at radius 2 is 1.83 bits per heavy atom. The predicted molar refractivity (Wildman–Crippen MR) is 122 cm³/mol. The molecule has 4 aromatic rings. The van der Waals surface area contributed by atoms with Gasteiger partial charge in [-0.05, 0) is 35.9 Å². The number of fused-ring (bicyclic) bond motifs is 1. The highest BCUT2D eigenvalue weighted by molar-refractivity contribution is 5.92. The van der Waals surface area contributed by atoms with Crippen molar-refractivity contribution in [3.63, 3.8) is 0 Å². The number of anilines is 2. The molecule has 5 rings (SSSR count). The maximum absolute atomic E-state index is 5.49. The van der Waals surface area contributed by atoms with Gasteiger partial charge in [0.2, 0.25) is 0 Å². The summed E-state index contributed by atoms with van der Waals surface area (Å²) in [5.74, 6) is 0. The lowest BCUT2D eigenvalue weighted by Crippen LogP contribution is -2.36. The molecule has 0 unspecified atom stereocenters. The zero-order valence-corrected chi connectivity index (χ0v) is 16.8. The normalized spacial score (nSPS) is 14.1. The first kappa shape index (κ1) is 18.6. The van der Waals surface area contributed by atoms with Gasteiger partial charge in [-0.15, -0.1) is 0 Å². The zero-order chi connectivity index (χ0) is 20.2. The van der Waals surface area contributed by atoms with E-state index in [9.17, 15) is 0 Å². The van der Waals surface area contributed by atoms with Crippen LogP contribution in [0.4, 0.5) is 11.4 Å². The van der Waals surface area contributed by atoms with Crippen LogP contribution in [-0.4, -0.2) is 36.3 Å². The van der Waals surface area contributed by atoms with Gasteiger partial charge in [-0.1, -0.05) is 36.4 Å². The number of nitrogens with one attached hydrogen (secondary N) is 1. The number of ether oxygens (including phenoxy) is 1. The van der Waals surface area contributed by atoms with Gasteiger partial charge >= 0.3 is 0 Å². The second-order valence-electron chi connectivity index (χ2n) is 7.44. The number of hydrogen-bond acceptors (Lipinski definition) is 5. The van der Waals surface area contributed by atoms with Crippen molar-refractivity contribution < 1.29 is 4.74 Å². The Labute approximate surface area is 176 Å². The molecule has 0 aliphatic carbocycles. The maximum atomic E-state index is 5.49. The van der Waals surface area contributed by atoms with E-state index < -0.39 is 0 Å². The van der Waals surface area contributed by atoms with E-state index in [4.69, 9.17) is 9.72 Å². The fourth-order valence-corrected chi connectivity index (χ4v) is 3.83. The molecule has 1 saturated heterocycles. The van der Waals surface area contributed by atoms with Gasteiger partial charge in [0.15, 0.2) is 0 Å². The molecule has 0 bridgehead atoms. The van der Waals surface area contributed by atoms with E-state index >= 15 is 0 Å². The van der Waals surface area contributed by atoms with Crippen molar-refractivity contribution in [2.45, 2.75) is 6.54 Å². The molecule has 3 heterocycles. The van der Waals surface area contributed by atoms with E-state index in [1.54, 1.807) is 6.20 Å². The Morgan fingerprint density at radius 3 is 2.70 bits per heavy atom. The van der Waals surface area contributed by atoms with Crippen molar-refractivity contribution in [1.29, 1.82) is 0 Å². The largest absolute Gasteiger partial charge is 0.379 e. The van der Waals surface area contributed by atoms with Gasteiger partial charge in [0.25, 0.3) is 0 Å². The Bertz CT molecular complexity index is 1140. The van der Waals surface area contributed by atoms with E-state index in [1.165, 1.54) is 5.69 Å². The van der Waals surface area contributed by atoms with Gasteiger partial charge < -0.3 is 15.0 Å². The van der Waals surface area contributed by atoms with Crippen LogP contribution in [0, 0.1) is 0 Å². The van der Waals surface area contributed by atoms with Crippen LogP contribution in [-0.2, 0) is 11.3 Å². The average molecular weight is 396 g/mol. The molecule has 0 spiro atoms. The molecule has 1 fully saturated rings. The summed E-state index contributed by atoms with van der Waals surface area (Å²) in [6.07, 6.45) is 3.68. The van der Waals surface area contributed by atoms with Crippen molar-refractivity contribution in [1.82, 2.24) is 9.97 Å². The number of aromatic nitrogens is 2. The van der Waals surface area contributed by atoms with Crippen LogP contribution in [0.25, 0.3) is 22.2 Å². The number of benzene rings is 2. The highest BCUT2D eigenvalue weighted by atomic mass is 16.5. The standard InChI is InChI=1S/C25H24N4O/c1-6-21(16-22(7-1)29-12-14-30-15-13-29)23-10-9-20-5-2-8-24(25(20)28-23)27-18-19-4-3-11-26-17-19/h1-11,16-17,27H,12-15,18H2. The van der Waals surface area contributed by atoms with Crippen LogP contribution in [0.3, 0.4) is 0 Å². The highest BCUT2D eigenvalue weighted by Crippen LogP contribution is 2.28. The van der Waals surface area contributed by atoms with Crippen LogP contribution in [0.2, 0.25) is 0 Å². The molecule has 5 heteroatoms. The quantitative estimate of drug-likeness (QED) is 0.528. The number of hydrogen-bond donors (Lipinski definition) is 1. The molecule has 0 atom stereocenters. The third-order valence-electron chi connectivity index (χ3n) is 5.44. The van der Waals surface area contributed by atoms with Gasteiger partial charge in [0.1, 0.15) is 0 Å². The minimum absolute atomic E-state index is 0.714. The number of nitrogens with zero attached hydrogens (tertiary/aromatic N) is 3.